The molecule has 128 valence electrons. The van der Waals surface area contributed by atoms with E-state index in [1.165, 1.54) is 11.1 Å². The molecule has 1 aromatic carbocycles. The van der Waals surface area contributed by atoms with Crippen LogP contribution in [-0.2, 0) is 11.3 Å². The number of rotatable bonds is 6. The summed E-state index contributed by atoms with van der Waals surface area (Å²) < 4.78 is 0. The Hall–Kier alpha value is -1.39. The molecular formula is C19H31N3O. The number of carbonyl (C=O) groups is 1. The number of nitrogens with zero attached hydrogens (tertiary/aromatic N) is 2. The first-order valence-electron chi connectivity index (χ1n) is 8.54. The standard InChI is InChI=1S/C19H31N3O/c1-15-8-6-9-16(12-15)13-22-11-7-10-17(22)18(23)20-14-19(2,3)21(4)5/h6,8-9,12,17H,7,10-11,13-14H2,1-5H3,(H,20,23). The number of carbonyl (C=O) groups excluding carboxylic acids is 1. The van der Waals surface area contributed by atoms with E-state index < -0.39 is 0 Å². The Morgan fingerprint density at radius 2 is 2.13 bits per heavy atom. The molecule has 0 radical (unpaired) electrons. The van der Waals surface area contributed by atoms with Crippen molar-refractivity contribution in [2.75, 3.05) is 27.2 Å². The lowest BCUT2D eigenvalue weighted by Crippen LogP contribution is -2.51. The third-order valence-corrected chi connectivity index (χ3v) is 5.04. The number of likely N-dealkylation sites (tertiary alicyclic amines) is 1. The van der Waals surface area contributed by atoms with Crippen LogP contribution in [0.3, 0.4) is 0 Å². The van der Waals surface area contributed by atoms with Gasteiger partial charge in [0.2, 0.25) is 5.91 Å². The molecular weight excluding hydrogens is 286 g/mol. The summed E-state index contributed by atoms with van der Waals surface area (Å²) in [6.07, 6.45) is 2.06. The van der Waals surface area contributed by atoms with Gasteiger partial charge in [-0.25, -0.2) is 0 Å². The van der Waals surface area contributed by atoms with Crippen LogP contribution in [0.4, 0.5) is 0 Å². The molecule has 4 nitrogen and oxygen atoms in total. The molecule has 1 aromatic rings. The van der Waals surface area contributed by atoms with Crippen molar-refractivity contribution >= 4 is 5.91 Å². The Morgan fingerprint density at radius 3 is 2.78 bits per heavy atom. The van der Waals surface area contributed by atoms with Gasteiger partial charge >= 0.3 is 0 Å². The van der Waals surface area contributed by atoms with E-state index in [0.29, 0.717) is 6.54 Å². The predicted molar refractivity (Wildman–Crippen MR) is 95.4 cm³/mol. The van der Waals surface area contributed by atoms with Gasteiger partial charge in [-0.3, -0.25) is 9.69 Å². The molecule has 4 heteroatoms. The lowest BCUT2D eigenvalue weighted by molar-refractivity contribution is -0.126. The van der Waals surface area contributed by atoms with Crippen LogP contribution in [0, 0.1) is 6.92 Å². The highest BCUT2D eigenvalue weighted by atomic mass is 16.2. The molecule has 1 aliphatic rings. The molecule has 0 saturated carbocycles. The average Bonchev–Trinajstić information content (AvgIpc) is 2.93. The minimum atomic E-state index is -0.0321. The molecule has 1 fully saturated rings. The van der Waals surface area contributed by atoms with Crippen LogP contribution in [0.25, 0.3) is 0 Å². The van der Waals surface area contributed by atoms with E-state index in [9.17, 15) is 4.79 Å². The minimum Gasteiger partial charge on any atom is -0.353 e. The zero-order valence-electron chi connectivity index (χ0n) is 15.2. The van der Waals surface area contributed by atoms with Gasteiger partial charge < -0.3 is 10.2 Å². The van der Waals surface area contributed by atoms with Gasteiger partial charge in [0.15, 0.2) is 0 Å². The highest BCUT2D eigenvalue weighted by Crippen LogP contribution is 2.21. The fraction of sp³-hybridized carbons (Fsp3) is 0.632. The maximum absolute atomic E-state index is 12.6. The molecule has 2 rings (SSSR count). The molecule has 23 heavy (non-hydrogen) atoms. The number of aryl methyl sites for hydroxylation is 1. The van der Waals surface area contributed by atoms with Crippen molar-refractivity contribution in [1.29, 1.82) is 0 Å². The van der Waals surface area contributed by atoms with Gasteiger partial charge in [0, 0.05) is 18.6 Å². The second-order valence-electron chi connectivity index (χ2n) is 7.54. The van der Waals surface area contributed by atoms with Crippen LogP contribution in [0.2, 0.25) is 0 Å². The molecule has 0 bridgehead atoms. The lowest BCUT2D eigenvalue weighted by Gasteiger charge is -2.33. The normalized spacial score (nSPS) is 19.3. The highest BCUT2D eigenvalue weighted by Gasteiger charge is 2.31. The number of benzene rings is 1. The molecule has 0 spiro atoms. The van der Waals surface area contributed by atoms with Crippen molar-refractivity contribution in [1.82, 2.24) is 15.1 Å². The topological polar surface area (TPSA) is 35.6 Å². The second-order valence-corrected chi connectivity index (χ2v) is 7.54. The van der Waals surface area contributed by atoms with Gasteiger partial charge in [-0.1, -0.05) is 29.8 Å². The van der Waals surface area contributed by atoms with E-state index in [0.717, 1.165) is 25.9 Å². The van der Waals surface area contributed by atoms with E-state index in [1.54, 1.807) is 0 Å². The van der Waals surface area contributed by atoms with Gasteiger partial charge in [0.1, 0.15) is 0 Å². The van der Waals surface area contributed by atoms with E-state index in [2.05, 4.69) is 60.2 Å². The summed E-state index contributed by atoms with van der Waals surface area (Å²) in [6, 6.07) is 8.57. The molecule has 0 aromatic heterocycles. The Bertz CT molecular complexity index is 539. The summed E-state index contributed by atoms with van der Waals surface area (Å²) in [4.78, 5) is 17.1. The monoisotopic (exact) mass is 317 g/mol. The van der Waals surface area contributed by atoms with E-state index in [1.807, 2.05) is 14.1 Å². The minimum absolute atomic E-state index is 0.00785. The second kappa shape index (κ2) is 7.45. The fourth-order valence-electron chi connectivity index (χ4n) is 2.94. The number of hydrogen-bond donors (Lipinski definition) is 1. The van der Waals surface area contributed by atoms with Gasteiger partial charge in [-0.15, -0.1) is 0 Å². The van der Waals surface area contributed by atoms with Crippen LogP contribution in [0.5, 0.6) is 0 Å². The summed E-state index contributed by atoms with van der Waals surface area (Å²) in [5.74, 6) is 0.171. The molecule has 1 unspecified atom stereocenters. The van der Waals surface area contributed by atoms with Crippen LogP contribution < -0.4 is 5.32 Å². The van der Waals surface area contributed by atoms with Gasteiger partial charge in [-0.2, -0.15) is 0 Å². The third kappa shape index (κ3) is 4.79. The third-order valence-electron chi connectivity index (χ3n) is 5.04. The van der Waals surface area contributed by atoms with Crippen LogP contribution in [0.15, 0.2) is 24.3 Å². The number of nitrogens with one attached hydrogen (secondary N) is 1. The van der Waals surface area contributed by atoms with Crippen molar-refractivity contribution in [3.63, 3.8) is 0 Å². The summed E-state index contributed by atoms with van der Waals surface area (Å²) in [7, 11) is 4.09. The Morgan fingerprint density at radius 1 is 1.39 bits per heavy atom. The zero-order valence-corrected chi connectivity index (χ0v) is 15.2. The van der Waals surface area contributed by atoms with E-state index in [-0.39, 0.29) is 17.5 Å². The maximum atomic E-state index is 12.6. The average molecular weight is 317 g/mol. The first-order valence-corrected chi connectivity index (χ1v) is 8.54. The smallest absolute Gasteiger partial charge is 0.237 e. The molecule has 1 atom stereocenters. The maximum Gasteiger partial charge on any atom is 0.237 e. The van der Waals surface area contributed by atoms with Crippen LogP contribution in [-0.4, -0.2) is 54.5 Å². The Labute approximate surface area is 140 Å². The van der Waals surface area contributed by atoms with Crippen molar-refractivity contribution in [2.24, 2.45) is 0 Å². The first-order chi connectivity index (χ1) is 10.8. The van der Waals surface area contributed by atoms with Crippen molar-refractivity contribution in [2.45, 2.75) is 51.7 Å². The highest BCUT2D eigenvalue weighted by molar-refractivity contribution is 5.82. The Balaban J connectivity index is 1.94. The summed E-state index contributed by atoms with van der Waals surface area (Å²) in [5.41, 5.74) is 2.53. The predicted octanol–water partition coefficient (Wildman–Crippen LogP) is 2.42. The summed E-state index contributed by atoms with van der Waals surface area (Å²) in [6.45, 7) is 8.94. The fourth-order valence-corrected chi connectivity index (χ4v) is 2.94. The quantitative estimate of drug-likeness (QED) is 0.875. The lowest BCUT2D eigenvalue weighted by atomic mass is 10.0. The van der Waals surface area contributed by atoms with Crippen LogP contribution >= 0.6 is 0 Å². The van der Waals surface area contributed by atoms with Crippen molar-refractivity contribution < 1.29 is 4.79 Å². The molecule has 1 amide bonds. The molecule has 1 heterocycles. The van der Waals surface area contributed by atoms with Gasteiger partial charge in [0.05, 0.1) is 6.04 Å². The van der Waals surface area contributed by atoms with Crippen LogP contribution in [0.1, 0.15) is 37.8 Å². The molecule has 0 aliphatic carbocycles. The zero-order chi connectivity index (χ0) is 17.0. The molecule has 1 N–H and O–H groups in total. The van der Waals surface area contributed by atoms with Crippen molar-refractivity contribution in [3.05, 3.63) is 35.4 Å². The molecule has 1 aliphatic heterocycles. The largest absolute Gasteiger partial charge is 0.353 e. The van der Waals surface area contributed by atoms with Gasteiger partial charge in [-0.05, 0) is 59.8 Å². The number of amides is 1. The summed E-state index contributed by atoms with van der Waals surface area (Å²) >= 11 is 0. The molecule has 1 saturated heterocycles. The number of likely N-dealkylation sites (N-methyl/N-ethyl adjacent to an activating group) is 1. The SMILES string of the molecule is Cc1cccc(CN2CCCC2C(=O)NCC(C)(C)N(C)C)c1. The Kier molecular flexibility index (Phi) is 5.82. The van der Waals surface area contributed by atoms with E-state index >= 15 is 0 Å². The summed E-state index contributed by atoms with van der Waals surface area (Å²) in [5, 5.41) is 3.15. The van der Waals surface area contributed by atoms with E-state index in [4.69, 9.17) is 0 Å². The van der Waals surface area contributed by atoms with Gasteiger partial charge in [0.25, 0.3) is 0 Å². The number of hydrogen-bond acceptors (Lipinski definition) is 3. The first kappa shape index (κ1) is 18.0. The van der Waals surface area contributed by atoms with Crippen molar-refractivity contribution in [3.8, 4) is 0 Å².